The van der Waals surface area contributed by atoms with E-state index in [9.17, 15) is 10.1 Å². The van der Waals surface area contributed by atoms with Gasteiger partial charge in [-0.25, -0.2) is 0 Å². The lowest BCUT2D eigenvalue weighted by Crippen LogP contribution is -2.11. The van der Waals surface area contributed by atoms with Crippen molar-refractivity contribution in [1.82, 2.24) is 0 Å². The number of nitro benzene ring substituents is 1. The molecule has 0 amide bonds. The summed E-state index contributed by atoms with van der Waals surface area (Å²) in [5.74, 6) is 0. The van der Waals surface area contributed by atoms with E-state index in [0.29, 0.717) is 17.0 Å². The van der Waals surface area contributed by atoms with Crippen LogP contribution in [0.25, 0.3) is 0 Å². The van der Waals surface area contributed by atoms with E-state index in [4.69, 9.17) is 17.3 Å². The molecular formula is C10H11ClN2O2. The first kappa shape index (κ1) is 11.7. The Morgan fingerprint density at radius 3 is 2.87 bits per heavy atom. The van der Waals surface area contributed by atoms with Crippen LogP contribution in [-0.2, 0) is 0 Å². The molecule has 0 aliphatic heterocycles. The van der Waals surface area contributed by atoms with E-state index in [1.807, 2.05) is 0 Å². The number of rotatable bonds is 4. The lowest BCUT2D eigenvalue weighted by atomic mass is 10.0. The molecule has 80 valence electrons. The maximum atomic E-state index is 10.7. The van der Waals surface area contributed by atoms with Gasteiger partial charge < -0.3 is 5.73 Å². The Kier molecular flexibility index (Phi) is 3.82. The zero-order chi connectivity index (χ0) is 11.4. The Bertz CT molecular complexity index is 393. The molecular weight excluding hydrogens is 216 g/mol. The molecule has 0 aliphatic rings. The zero-order valence-electron chi connectivity index (χ0n) is 8.02. The molecule has 0 heterocycles. The highest BCUT2D eigenvalue weighted by atomic mass is 35.5. The van der Waals surface area contributed by atoms with Gasteiger partial charge in [0.25, 0.3) is 5.69 Å². The fraction of sp³-hybridized carbons (Fsp3) is 0.200. The van der Waals surface area contributed by atoms with E-state index in [2.05, 4.69) is 6.58 Å². The van der Waals surface area contributed by atoms with E-state index < -0.39 is 11.0 Å². The molecule has 1 aromatic carbocycles. The fourth-order valence-corrected chi connectivity index (χ4v) is 1.48. The summed E-state index contributed by atoms with van der Waals surface area (Å²) in [4.78, 5) is 10.3. The van der Waals surface area contributed by atoms with Crippen LogP contribution in [-0.4, -0.2) is 4.92 Å². The maximum absolute atomic E-state index is 10.7. The van der Waals surface area contributed by atoms with E-state index in [1.165, 1.54) is 18.2 Å². The molecule has 0 radical (unpaired) electrons. The minimum Gasteiger partial charge on any atom is -0.323 e. The highest BCUT2D eigenvalue weighted by Gasteiger charge is 2.18. The van der Waals surface area contributed by atoms with Crippen molar-refractivity contribution in [2.24, 2.45) is 5.73 Å². The number of nitrogens with two attached hydrogens (primary N) is 1. The predicted octanol–water partition coefficient (Wildman–Crippen LogP) is 2.82. The predicted molar refractivity (Wildman–Crippen MR) is 59.8 cm³/mol. The third kappa shape index (κ3) is 2.78. The third-order valence-corrected chi connectivity index (χ3v) is 2.24. The van der Waals surface area contributed by atoms with Crippen molar-refractivity contribution in [2.75, 3.05) is 0 Å². The summed E-state index contributed by atoms with van der Waals surface area (Å²) in [6.45, 7) is 3.54. The molecule has 0 fully saturated rings. The summed E-state index contributed by atoms with van der Waals surface area (Å²) in [7, 11) is 0. The molecule has 0 bridgehead atoms. The molecule has 1 aromatic rings. The van der Waals surface area contributed by atoms with Crippen molar-refractivity contribution < 1.29 is 4.92 Å². The summed E-state index contributed by atoms with van der Waals surface area (Å²) in [6.07, 6.45) is 2.09. The van der Waals surface area contributed by atoms with E-state index >= 15 is 0 Å². The molecule has 1 atom stereocenters. The van der Waals surface area contributed by atoms with Gasteiger partial charge in [-0.3, -0.25) is 10.1 Å². The van der Waals surface area contributed by atoms with Crippen LogP contribution in [0.1, 0.15) is 18.0 Å². The quantitative estimate of drug-likeness (QED) is 0.488. The number of hydrogen-bond acceptors (Lipinski definition) is 3. The number of nitro groups is 1. The second-order valence-electron chi connectivity index (χ2n) is 3.09. The van der Waals surface area contributed by atoms with E-state index in [-0.39, 0.29) is 5.69 Å². The Balaban J connectivity index is 3.17. The van der Waals surface area contributed by atoms with Gasteiger partial charge in [-0.2, -0.15) is 0 Å². The largest absolute Gasteiger partial charge is 0.323 e. The second-order valence-corrected chi connectivity index (χ2v) is 3.53. The molecule has 0 spiro atoms. The van der Waals surface area contributed by atoms with Gasteiger partial charge in [-0.05, 0) is 18.6 Å². The van der Waals surface area contributed by atoms with E-state index in [1.54, 1.807) is 6.08 Å². The van der Waals surface area contributed by atoms with Gasteiger partial charge in [0.1, 0.15) is 0 Å². The van der Waals surface area contributed by atoms with Crippen molar-refractivity contribution in [3.05, 3.63) is 51.6 Å². The third-order valence-electron chi connectivity index (χ3n) is 2.01. The monoisotopic (exact) mass is 226 g/mol. The summed E-state index contributed by atoms with van der Waals surface area (Å²) in [5.41, 5.74) is 6.21. The number of halogens is 1. The molecule has 0 aliphatic carbocycles. The van der Waals surface area contributed by atoms with Crippen molar-refractivity contribution in [3.63, 3.8) is 0 Å². The van der Waals surface area contributed by atoms with Gasteiger partial charge in [-0.1, -0.05) is 17.7 Å². The summed E-state index contributed by atoms with van der Waals surface area (Å²) in [5, 5.41) is 11.2. The molecule has 4 nitrogen and oxygen atoms in total. The summed E-state index contributed by atoms with van der Waals surface area (Å²) < 4.78 is 0. The molecule has 0 aromatic heterocycles. The summed E-state index contributed by atoms with van der Waals surface area (Å²) >= 11 is 5.76. The molecule has 5 heteroatoms. The lowest BCUT2D eigenvalue weighted by Gasteiger charge is -2.10. The van der Waals surface area contributed by atoms with Crippen LogP contribution in [0.5, 0.6) is 0 Å². The molecule has 0 saturated carbocycles. The maximum Gasteiger partial charge on any atom is 0.274 e. The highest BCUT2D eigenvalue weighted by Crippen LogP contribution is 2.28. The van der Waals surface area contributed by atoms with Crippen LogP contribution in [0.4, 0.5) is 5.69 Å². The van der Waals surface area contributed by atoms with Gasteiger partial charge in [0.2, 0.25) is 0 Å². The zero-order valence-corrected chi connectivity index (χ0v) is 8.78. The van der Waals surface area contributed by atoms with Crippen molar-refractivity contribution >= 4 is 17.3 Å². The van der Waals surface area contributed by atoms with Crippen LogP contribution >= 0.6 is 11.6 Å². The van der Waals surface area contributed by atoms with Gasteiger partial charge in [0, 0.05) is 22.7 Å². The minimum absolute atomic E-state index is 0.00579. The molecule has 2 N–H and O–H groups in total. The van der Waals surface area contributed by atoms with Crippen molar-refractivity contribution in [2.45, 2.75) is 12.5 Å². The first-order valence-corrected chi connectivity index (χ1v) is 4.74. The normalized spacial score (nSPS) is 12.1. The molecule has 15 heavy (non-hydrogen) atoms. The van der Waals surface area contributed by atoms with Gasteiger partial charge in [0.15, 0.2) is 0 Å². The Hall–Kier alpha value is -1.39. The van der Waals surface area contributed by atoms with Crippen LogP contribution in [0, 0.1) is 10.1 Å². The number of hydrogen-bond donors (Lipinski definition) is 1. The molecule has 0 saturated heterocycles. The standard InChI is InChI=1S/C10H11ClN2O2/c1-2-3-9(12)8-6-7(11)4-5-10(8)13(14)15/h2,4-6,9H,1,3,12H2/t9-/m0/s1. The summed E-state index contributed by atoms with van der Waals surface area (Å²) in [6, 6.07) is 3.92. The first-order valence-electron chi connectivity index (χ1n) is 4.36. The average molecular weight is 227 g/mol. The SMILES string of the molecule is C=CC[C@H](N)c1cc(Cl)ccc1[N+](=O)[O-]. The molecule has 1 rings (SSSR count). The Morgan fingerprint density at radius 2 is 2.33 bits per heavy atom. The van der Waals surface area contributed by atoms with Crippen LogP contribution in [0.15, 0.2) is 30.9 Å². The lowest BCUT2D eigenvalue weighted by molar-refractivity contribution is -0.385. The van der Waals surface area contributed by atoms with Crippen molar-refractivity contribution in [3.8, 4) is 0 Å². The topological polar surface area (TPSA) is 69.2 Å². The Labute approximate surface area is 92.5 Å². The highest BCUT2D eigenvalue weighted by molar-refractivity contribution is 6.30. The average Bonchev–Trinajstić information content (AvgIpc) is 2.17. The fourth-order valence-electron chi connectivity index (χ4n) is 1.30. The second kappa shape index (κ2) is 4.91. The first-order chi connectivity index (χ1) is 7.06. The minimum atomic E-state index is -0.464. The smallest absolute Gasteiger partial charge is 0.274 e. The van der Waals surface area contributed by atoms with Crippen LogP contribution < -0.4 is 5.73 Å². The van der Waals surface area contributed by atoms with Crippen molar-refractivity contribution in [1.29, 1.82) is 0 Å². The molecule has 0 unspecified atom stereocenters. The van der Waals surface area contributed by atoms with E-state index in [0.717, 1.165) is 0 Å². The van der Waals surface area contributed by atoms with Gasteiger partial charge >= 0.3 is 0 Å². The van der Waals surface area contributed by atoms with Crippen LogP contribution in [0.2, 0.25) is 5.02 Å². The Morgan fingerprint density at radius 1 is 1.67 bits per heavy atom. The number of benzene rings is 1. The van der Waals surface area contributed by atoms with Gasteiger partial charge in [0.05, 0.1) is 4.92 Å². The van der Waals surface area contributed by atoms with Gasteiger partial charge in [-0.15, -0.1) is 6.58 Å². The van der Waals surface area contributed by atoms with Crippen LogP contribution in [0.3, 0.4) is 0 Å². The number of nitrogens with zero attached hydrogens (tertiary/aromatic N) is 1.